The highest BCUT2D eigenvalue weighted by Crippen LogP contribution is 2.38. The van der Waals surface area contributed by atoms with Gasteiger partial charge in [0, 0.05) is 80.8 Å². The quantitative estimate of drug-likeness (QED) is 0.161. The van der Waals surface area contributed by atoms with Gasteiger partial charge in [0.15, 0.2) is 5.65 Å². The minimum atomic E-state index is -0.658. The molecule has 1 unspecified atom stereocenters. The number of hydrogen-bond acceptors (Lipinski definition) is 11. The fourth-order valence-corrected chi connectivity index (χ4v) is 10.3. The van der Waals surface area contributed by atoms with E-state index in [-0.39, 0.29) is 47.9 Å². The summed E-state index contributed by atoms with van der Waals surface area (Å²) in [6.45, 7) is 4.43. The number of piperidine rings is 2. The van der Waals surface area contributed by atoms with E-state index < -0.39 is 11.9 Å². The van der Waals surface area contributed by atoms with Crippen LogP contribution in [0.15, 0.2) is 79.1 Å². The van der Waals surface area contributed by atoms with Crippen molar-refractivity contribution in [1.29, 1.82) is 0 Å². The number of fused-ring (bicyclic) bond motifs is 2. The number of ether oxygens (including phenoxy) is 1. The van der Waals surface area contributed by atoms with Crippen LogP contribution in [0.3, 0.4) is 0 Å². The van der Waals surface area contributed by atoms with Crippen LogP contribution in [0.5, 0.6) is 11.5 Å². The number of imide groups is 1. The number of carbonyl (C=O) groups is 5. The Balaban J connectivity index is 0.756. The summed E-state index contributed by atoms with van der Waals surface area (Å²) in [4.78, 5) is 82.5. The van der Waals surface area contributed by atoms with Crippen molar-refractivity contribution in [2.75, 3.05) is 51.5 Å². The standard InChI is InChI=1S/C50H52N10O6/c51-45-43-44(33-15-17-37(18-16-33)66-36-10-2-1-3-11-36)55-60(46(43)53-31-52-45)35-9-7-23-58(30-35)49(64)40-13-5-4-12-39(40)48(63)57-26-24-56(25-27-57)22-6-8-32-14-19-38-34(28-32)29-59(50(38)65)41-20-21-42(61)54-47(41)62/h1-3,10-11,14-19,28,31,35,39-41H,4-5,7,9,12-13,20-27,29-30H2,(H2,51,52,53)(H,54,61,62)/t35-,39-,40+,41?/m1/s1. The predicted octanol–water partition coefficient (Wildman–Crippen LogP) is 4.79. The Hall–Kier alpha value is -7.12. The minimum absolute atomic E-state index is 0.0473. The van der Waals surface area contributed by atoms with E-state index in [4.69, 9.17) is 15.6 Å². The first-order valence-electron chi connectivity index (χ1n) is 23.1. The second-order valence-corrected chi connectivity index (χ2v) is 17.9. The Bertz CT molecular complexity index is 2760. The Labute approximate surface area is 382 Å². The lowest BCUT2D eigenvalue weighted by Crippen LogP contribution is -2.53. The number of hydrogen-bond donors (Lipinski definition) is 2. The summed E-state index contributed by atoms with van der Waals surface area (Å²) in [6.07, 6.45) is 6.83. The fraction of sp³-hybridized carbons (Fsp3) is 0.400. The molecule has 5 aliphatic rings. The van der Waals surface area contributed by atoms with Gasteiger partial charge >= 0.3 is 0 Å². The summed E-state index contributed by atoms with van der Waals surface area (Å²) < 4.78 is 7.93. The van der Waals surface area contributed by atoms with Crippen molar-refractivity contribution in [3.8, 4) is 34.6 Å². The van der Waals surface area contributed by atoms with Crippen molar-refractivity contribution in [1.82, 2.24) is 44.7 Å². The zero-order valence-electron chi connectivity index (χ0n) is 36.7. The third kappa shape index (κ3) is 8.58. The molecule has 3 aromatic carbocycles. The second kappa shape index (κ2) is 18.4. The van der Waals surface area contributed by atoms with E-state index in [2.05, 4.69) is 32.0 Å². The van der Waals surface area contributed by atoms with Gasteiger partial charge in [-0.05, 0) is 92.3 Å². The third-order valence-electron chi connectivity index (χ3n) is 13.8. The van der Waals surface area contributed by atoms with Crippen LogP contribution in [0.2, 0.25) is 0 Å². The van der Waals surface area contributed by atoms with E-state index in [1.807, 2.05) is 81.2 Å². The molecule has 3 N–H and O–H groups in total. The lowest BCUT2D eigenvalue weighted by atomic mass is 9.77. The van der Waals surface area contributed by atoms with E-state index in [1.54, 1.807) is 6.07 Å². The number of amides is 5. The summed E-state index contributed by atoms with van der Waals surface area (Å²) in [6, 6.07) is 22.0. The molecular weight excluding hydrogens is 837 g/mol. The lowest BCUT2D eigenvalue weighted by Gasteiger charge is -2.41. The molecule has 4 aliphatic heterocycles. The number of para-hydroxylation sites is 1. The number of anilines is 1. The van der Waals surface area contributed by atoms with Gasteiger partial charge < -0.3 is 25.2 Å². The highest BCUT2D eigenvalue weighted by Gasteiger charge is 2.42. The number of rotatable bonds is 8. The van der Waals surface area contributed by atoms with Crippen LogP contribution in [0.1, 0.15) is 78.9 Å². The average Bonchev–Trinajstić information content (AvgIpc) is 3.90. The number of nitrogens with zero attached hydrogens (tertiary/aromatic N) is 8. The van der Waals surface area contributed by atoms with Crippen molar-refractivity contribution >= 4 is 46.4 Å². The smallest absolute Gasteiger partial charge is 0.255 e. The normalized spacial score (nSPS) is 22.4. The van der Waals surface area contributed by atoms with Gasteiger partial charge in [0.2, 0.25) is 23.6 Å². The average molecular weight is 889 g/mol. The second-order valence-electron chi connectivity index (χ2n) is 17.9. The fourth-order valence-electron chi connectivity index (χ4n) is 10.3. The first kappa shape index (κ1) is 42.8. The number of nitrogens with one attached hydrogen (secondary N) is 1. The zero-order valence-corrected chi connectivity index (χ0v) is 36.7. The number of likely N-dealkylation sites (tertiary alicyclic amines) is 1. The minimum Gasteiger partial charge on any atom is -0.457 e. The van der Waals surface area contributed by atoms with E-state index in [0.29, 0.717) is 105 Å². The Morgan fingerprint density at radius 3 is 2.30 bits per heavy atom. The van der Waals surface area contributed by atoms with E-state index in [9.17, 15) is 24.0 Å². The van der Waals surface area contributed by atoms with Gasteiger partial charge in [-0.25, -0.2) is 14.6 Å². The highest BCUT2D eigenvalue weighted by molar-refractivity contribution is 6.05. The largest absolute Gasteiger partial charge is 0.457 e. The molecule has 16 heteroatoms. The molecule has 0 radical (unpaired) electrons. The highest BCUT2D eigenvalue weighted by atomic mass is 16.5. The maximum Gasteiger partial charge on any atom is 0.255 e. The molecule has 0 spiro atoms. The number of carbonyl (C=O) groups excluding carboxylic acids is 5. The molecule has 338 valence electrons. The first-order chi connectivity index (χ1) is 32.2. The molecule has 4 atom stereocenters. The molecule has 16 nitrogen and oxygen atoms in total. The van der Waals surface area contributed by atoms with E-state index in [1.165, 1.54) is 11.2 Å². The molecule has 4 fully saturated rings. The van der Waals surface area contributed by atoms with Gasteiger partial charge in [0.05, 0.1) is 18.0 Å². The van der Waals surface area contributed by atoms with Crippen molar-refractivity contribution in [3.05, 3.63) is 95.8 Å². The topological polar surface area (TPSA) is 189 Å². The molecule has 2 aromatic heterocycles. The first-order valence-corrected chi connectivity index (χ1v) is 23.1. The molecule has 10 rings (SSSR count). The summed E-state index contributed by atoms with van der Waals surface area (Å²) in [5.74, 6) is 6.73. The summed E-state index contributed by atoms with van der Waals surface area (Å²) in [5, 5.41) is 8.11. The summed E-state index contributed by atoms with van der Waals surface area (Å²) in [5.41, 5.74) is 10.8. The van der Waals surface area contributed by atoms with Crippen LogP contribution in [-0.2, 0) is 25.7 Å². The molecule has 1 aliphatic carbocycles. The van der Waals surface area contributed by atoms with Gasteiger partial charge in [-0.15, -0.1) is 0 Å². The van der Waals surface area contributed by atoms with Crippen LogP contribution in [-0.4, -0.2) is 121 Å². The maximum atomic E-state index is 14.5. The van der Waals surface area contributed by atoms with Crippen molar-refractivity contribution in [2.45, 2.75) is 70.0 Å². The third-order valence-corrected chi connectivity index (χ3v) is 13.8. The van der Waals surface area contributed by atoms with Gasteiger partial charge in [-0.2, -0.15) is 5.10 Å². The van der Waals surface area contributed by atoms with Gasteiger partial charge in [0.25, 0.3) is 5.91 Å². The van der Waals surface area contributed by atoms with Crippen LogP contribution in [0.4, 0.5) is 5.82 Å². The molecular formula is C50H52N10O6. The molecule has 0 bridgehead atoms. The number of piperazine rings is 1. The predicted molar refractivity (Wildman–Crippen MR) is 244 cm³/mol. The maximum absolute atomic E-state index is 14.5. The number of nitrogens with two attached hydrogens (primary N) is 1. The number of aromatic nitrogens is 4. The Kier molecular flexibility index (Phi) is 11.9. The molecule has 1 saturated carbocycles. The van der Waals surface area contributed by atoms with Crippen LogP contribution in [0.25, 0.3) is 22.3 Å². The van der Waals surface area contributed by atoms with E-state index >= 15 is 0 Å². The van der Waals surface area contributed by atoms with Gasteiger partial charge in [-0.3, -0.25) is 34.2 Å². The molecule has 3 saturated heterocycles. The molecule has 6 heterocycles. The monoisotopic (exact) mass is 888 g/mol. The number of nitrogen functional groups attached to an aromatic ring is 1. The van der Waals surface area contributed by atoms with Crippen molar-refractivity contribution < 1.29 is 28.7 Å². The number of benzene rings is 3. The zero-order chi connectivity index (χ0) is 45.3. The lowest BCUT2D eigenvalue weighted by molar-refractivity contribution is -0.150. The van der Waals surface area contributed by atoms with Crippen LogP contribution < -0.4 is 15.8 Å². The summed E-state index contributed by atoms with van der Waals surface area (Å²) in [7, 11) is 0. The Morgan fingerprint density at radius 2 is 1.55 bits per heavy atom. The van der Waals surface area contributed by atoms with Crippen LogP contribution >= 0.6 is 0 Å². The molecule has 5 amide bonds. The van der Waals surface area contributed by atoms with Gasteiger partial charge in [-0.1, -0.05) is 42.9 Å². The SMILES string of the molecule is Nc1ncnc2c1c(-c1ccc(Oc3ccccc3)cc1)nn2[C@@H]1CCCN(C(=O)[C@H]2CCCC[C@H]2C(=O)N2CCN(CC#Cc3ccc4c(c3)CN(C3CCC(=O)NC3=O)C4=O)CC2)C1. The summed E-state index contributed by atoms with van der Waals surface area (Å²) >= 11 is 0. The van der Waals surface area contributed by atoms with Crippen molar-refractivity contribution in [2.24, 2.45) is 11.8 Å². The Morgan fingerprint density at radius 1 is 0.803 bits per heavy atom. The van der Waals surface area contributed by atoms with Gasteiger partial charge in [0.1, 0.15) is 35.4 Å². The molecule has 5 aromatic rings. The molecule has 66 heavy (non-hydrogen) atoms. The van der Waals surface area contributed by atoms with Crippen molar-refractivity contribution in [3.63, 3.8) is 0 Å². The van der Waals surface area contributed by atoms with Crippen LogP contribution in [0, 0.1) is 23.7 Å². The van der Waals surface area contributed by atoms with E-state index in [0.717, 1.165) is 48.1 Å².